The van der Waals surface area contributed by atoms with Crippen molar-refractivity contribution in [3.05, 3.63) is 47.6 Å². The molecule has 31 heavy (non-hydrogen) atoms. The van der Waals surface area contributed by atoms with Gasteiger partial charge < -0.3 is 5.73 Å². The zero-order chi connectivity index (χ0) is 22.6. The molecule has 2 atom stereocenters. The van der Waals surface area contributed by atoms with Crippen molar-refractivity contribution >= 4 is 17.0 Å². The summed E-state index contributed by atoms with van der Waals surface area (Å²) in [5.74, 6) is 1.31. The van der Waals surface area contributed by atoms with Crippen molar-refractivity contribution in [1.29, 1.82) is 0 Å². The molecule has 0 bridgehead atoms. The third-order valence-electron chi connectivity index (χ3n) is 7.51. The first kappa shape index (κ1) is 23.2. The van der Waals surface area contributed by atoms with Gasteiger partial charge in [0.2, 0.25) is 5.52 Å². The fraction of sp³-hybridized carbons (Fsp3) is 0.577. The van der Waals surface area contributed by atoms with E-state index in [0.29, 0.717) is 11.2 Å². The van der Waals surface area contributed by atoms with E-state index >= 15 is 0 Å². The Morgan fingerprint density at radius 2 is 2.00 bits per heavy atom. The third kappa shape index (κ3) is 5.25. The number of rotatable bonds is 8. The molecule has 3 rings (SSSR count). The van der Waals surface area contributed by atoms with Crippen LogP contribution in [0.25, 0.3) is 11.2 Å². The molecule has 2 aromatic rings. The van der Waals surface area contributed by atoms with Gasteiger partial charge in [0.25, 0.3) is 0 Å². The van der Waals surface area contributed by atoms with Crippen molar-refractivity contribution < 1.29 is 4.57 Å². The van der Waals surface area contributed by atoms with Crippen molar-refractivity contribution in [2.75, 3.05) is 5.73 Å². The van der Waals surface area contributed by atoms with Crippen molar-refractivity contribution in [2.45, 2.75) is 79.7 Å². The largest absolute Gasteiger partial charge is 0.380 e. The maximum Gasteiger partial charge on any atom is 0.307 e. The quantitative estimate of drug-likeness (QED) is 0.440. The van der Waals surface area contributed by atoms with Gasteiger partial charge in [0.1, 0.15) is 0 Å². The Balaban J connectivity index is 1.53. The maximum absolute atomic E-state index is 6.08. The van der Waals surface area contributed by atoms with Crippen LogP contribution in [0.1, 0.15) is 73.1 Å². The maximum atomic E-state index is 6.08. The number of imidazole rings is 1. The predicted octanol–water partition coefficient (Wildman–Crippen LogP) is 5.67. The predicted molar refractivity (Wildman–Crippen MR) is 129 cm³/mol. The van der Waals surface area contributed by atoms with Crippen LogP contribution in [0.2, 0.25) is 0 Å². The van der Waals surface area contributed by atoms with Crippen LogP contribution < -0.4 is 10.3 Å². The number of anilines is 1. The molecular formula is C26H40N5+. The Kier molecular flexibility index (Phi) is 7.34. The number of allylic oxidation sites excluding steroid dienone is 6. The lowest BCUT2D eigenvalue weighted by atomic mass is 9.65. The van der Waals surface area contributed by atoms with E-state index in [0.717, 1.165) is 36.5 Å². The van der Waals surface area contributed by atoms with Gasteiger partial charge >= 0.3 is 5.65 Å². The number of aryl methyl sites for hydroxylation is 1. The smallest absolute Gasteiger partial charge is 0.307 e. The topological polar surface area (TPSA) is 60.6 Å². The highest BCUT2D eigenvalue weighted by atomic mass is 15.2. The molecule has 0 saturated carbocycles. The fourth-order valence-electron chi connectivity index (χ4n) is 4.77. The second-order valence-corrected chi connectivity index (χ2v) is 9.73. The monoisotopic (exact) mass is 422 g/mol. The summed E-state index contributed by atoms with van der Waals surface area (Å²) in [6.07, 6.45) is 17.9. The summed E-state index contributed by atoms with van der Waals surface area (Å²) in [6, 6.07) is 0. The Morgan fingerprint density at radius 3 is 2.74 bits per heavy atom. The van der Waals surface area contributed by atoms with Gasteiger partial charge in [-0.3, -0.25) is 4.57 Å². The minimum absolute atomic E-state index is 0.365. The van der Waals surface area contributed by atoms with Crippen LogP contribution in [0.4, 0.5) is 5.82 Å². The molecular weight excluding hydrogens is 382 g/mol. The molecule has 0 saturated heterocycles. The van der Waals surface area contributed by atoms with Crippen LogP contribution in [0.5, 0.6) is 0 Å². The van der Waals surface area contributed by atoms with Crippen LogP contribution in [0.3, 0.4) is 0 Å². The van der Waals surface area contributed by atoms with Crippen molar-refractivity contribution in [3.63, 3.8) is 0 Å². The highest BCUT2D eigenvalue weighted by Gasteiger charge is 2.34. The first-order valence-electron chi connectivity index (χ1n) is 11.7. The lowest BCUT2D eigenvalue weighted by molar-refractivity contribution is -0.647. The molecule has 0 unspecified atom stereocenters. The summed E-state index contributed by atoms with van der Waals surface area (Å²) < 4.78 is 4.12. The summed E-state index contributed by atoms with van der Waals surface area (Å²) >= 11 is 0. The van der Waals surface area contributed by atoms with Crippen molar-refractivity contribution in [3.8, 4) is 0 Å². The van der Waals surface area contributed by atoms with E-state index < -0.39 is 0 Å². The average Bonchev–Trinajstić information content (AvgIpc) is 3.06. The molecule has 0 spiro atoms. The molecule has 0 aromatic carbocycles. The summed E-state index contributed by atoms with van der Waals surface area (Å²) in [6.45, 7) is 12.5. The van der Waals surface area contributed by atoms with E-state index in [1.54, 1.807) is 5.57 Å². The van der Waals surface area contributed by atoms with E-state index in [4.69, 9.17) is 5.73 Å². The van der Waals surface area contributed by atoms with Gasteiger partial charge in [-0.05, 0) is 70.6 Å². The number of nitrogens with zero attached hydrogens (tertiary/aromatic N) is 4. The number of hydrogen-bond acceptors (Lipinski definition) is 3. The van der Waals surface area contributed by atoms with E-state index in [2.05, 4.69) is 67.4 Å². The second-order valence-electron chi connectivity index (χ2n) is 9.73. The minimum atomic E-state index is 0.365. The molecule has 1 aliphatic carbocycles. The molecule has 0 amide bonds. The highest BCUT2D eigenvalue weighted by Crippen LogP contribution is 2.45. The number of nitrogen functional groups attached to an aromatic ring is 1. The van der Waals surface area contributed by atoms with E-state index in [1.807, 2.05) is 17.9 Å². The van der Waals surface area contributed by atoms with Crippen LogP contribution >= 0.6 is 0 Å². The molecule has 0 radical (unpaired) electrons. The number of nitrogens with two attached hydrogens (primary N) is 1. The first-order valence-corrected chi connectivity index (χ1v) is 11.7. The van der Waals surface area contributed by atoms with Crippen LogP contribution in [0.15, 0.2) is 47.6 Å². The summed E-state index contributed by atoms with van der Waals surface area (Å²) in [7, 11) is 1.99. The molecule has 0 aliphatic heterocycles. The summed E-state index contributed by atoms with van der Waals surface area (Å²) in [5, 5.41) is 0. The molecule has 5 nitrogen and oxygen atoms in total. The van der Waals surface area contributed by atoms with Gasteiger partial charge in [0, 0.05) is 0 Å². The van der Waals surface area contributed by atoms with Gasteiger partial charge in [0.15, 0.2) is 18.5 Å². The van der Waals surface area contributed by atoms with E-state index in [1.165, 1.54) is 43.2 Å². The standard InChI is InChI=1S/C26H40N5/c1-19(13-15-26(5)21(3)11-8-12-22(26)4)9-7-10-20(2)14-16-31-18-30(6)25-23(31)24(27)28-17-29-25/h9,11,14,17-18,22H,7-8,10,12-13,15-16H2,1-6H3,(H2,27,28,29)/q+1/t22-,26-/m0/s1. The van der Waals surface area contributed by atoms with Crippen LogP contribution in [0, 0.1) is 11.3 Å². The van der Waals surface area contributed by atoms with Gasteiger partial charge in [-0.15, -0.1) is 0 Å². The Labute approximate surface area is 187 Å². The van der Waals surface area contributed by atoms with Crippen LogP contribution in [-0.2, 0) is 13.6 Å². The lowest BCUT2D eigenvalue weighted by Crippen LogP contribution is -2.29. The molecule has 2 aromatic heterocycles. The fourth-order valence-corrected chi connectivity index (χ4v) is 4.77. The Hall–Kier alpha value is -2.43. The van der Waals surface area contributed by atoms with E-state index in [-0.39, 0.29) is 0 Å². The third-order valence-corrected chi connectivity index (χ3v) is 7.51. The molecule has 0 fully saturated rings. The molecule has 2 N–H and O–H groups in total. The SMILES string of the molecule is CC(=CCn1c[n+](C)c2ncnc(N)c21)CCC=C(C)CC[C@@]1(C)C(C)=CCC[C@@H]1C. The van der Waals surface area contributed by atoms with Gasteiger partial charge in [0.05, 0.1) is 13.6 Å². The number of hydrogen-bond donors (Lipinski definition) is 1. The number of fused-ring (bicyclic) bond motifs is 1. The zero-order valence-electron chi connectivity index (χ0n) is 20.3. The average molecular weight is 423 g/mol. The van der Waals surface area contributed by atoms with Gasteiger partial charge in [-0.25, -0.2) is 4.57 Å². The lowest BCUT2D eigenvalue weighted by Gasteiger charge is -2.40. The van der Waals surface area contributed by atoms with Crippen molar-refractivity contribution in [2.24, 2.45) is 18.4 Å². The molecule has 5 heteroatoms. The van der Waals surface area contributed by atoms with Gasteiger partial charge in [-0.1, -0.05) is 53.8 Å². The summed E-state index contributed by atoms with van der Waals surface area (Å²) in [4.78, 5) is 8.49. The van der Waals surface area contributed by atoms with Crippen LogP contribution in [-0.4, -0.2) is 14.5 Å². The van der Waals surface area contributed by atoms with Gasteiger partial charge in [-0.2, -0.15) is 4.98 Å². The molecule has 1 aliphatic rings. The Bertz CT molecular complexity index is 1010. The van der Waals surface area contributed by atoms with E-state index in [9.17, 15) is 0 Å². The minimum Gasteiger partial charge on any atom is -0.380 e. The number of aromatic nitrogens is 4. The zero-order valence-corrected chi connectivity index (χ0v) is 20.3. The van der Waals surface area contributed by atoms with Crippen molar-refractivity contribution in [1.82, 2.24) is 14.5 Å². The highest BCUT2D eigenvalue weighted by molar-refractivity contribution is 5.79. The summed E-state index contributed by atoms with van der Waals surface area (Å²) in [5.41, 5.74) is 12.7. The first-order chi connectivity index (χ1) is 14.7. The molecule has 168 valence electrons. The normalized spacial score (nSPS) is 22.8. The Morgan fingerprint density at radius 1 is 1.26 bits per heavy atom. The second kappa shape index (κ2) is 9.80. The molecule has 2 heterocycles.